The fraction of sp³-hybridized carbons (Fsp3) is 0.0667. The van der Waals surface area contributed by atoms with Crippen molar-refractivity contribution in [2.24, 2.45) is 5.73 Å². The van der Waals surface area contributed by atoms with Crippen LogP contribution < -0.4 is 16.8 Å². The van der Waals surface area contributed by atoms with Crippen molar-refractivity contribution in [1.82, 2.24) is 0 Å². The van der Waals surface area contributed by atoms with Crippen molar-refractivity contribution >= 4 is 34.5 Å². The fourth-order valence-electron chi connectivity index (χ4n) is 1.96. The van der Waals surface area contributed by atoms with Crippen LogP contribution in [-0.4, -0.2) is 23.2 Å². The summed E-state index contributed by atoms with van der Waals surface area (Å²) in [5.41, 5.74) is 13.2. The Morgan fingerprint density at radius 3 is 2.55 bits per heavy atom. The molecular weight excluding hydrogens is 280 g/mol. The van der Waals surface area contributed by atoms with Crippen molar-refractivity contribution in [2.75, 3.05) is 11.1 Å². The Morgan fingerprint density at radius 1 is 1.18 bits per heavy atom. The van der Waals surface area contributed by atoms with E-state index in [1.54, 1.807) is 24.3 Å². The van der Waals surface area contributed by atoms with Crippen molar-refractivity contribution in [1.29, 1.82) is 16.2 Å². The second kappa shape index (κ2) is 6.04. The van der Waals surface area contributed by atoms with E-state index in [0.29, 0.717) is 22.5 Å². The number of allylic oxidation sites excluding steroid dienone is 3. The van der Waals surface area contributed by atoms with E-state index in [0.717, 1.165) is 0 Å². The highest BCUT2D eigenvalue weighted by Crippen LogP contribution is 2.18. The molecular formula is C15H16N6O. The van der Waals surface area contributed by atoms with Crippen LogP contribution in [0.4, 0.5) is 11.4 Å². The topological polar surface area (TPSA) is 153 Å². The first-order valence-corrected chi connectivity index (χ1v) is 6.46. The quantitative estimate of drug-likeness (QED) is 0.215. The minimum Gasteiger partial charge on any atom is -0.398 e. The number of nitrogens with two attached hydrogens (primary N) is 2. The smallest absolute Gasteiger partial charge is 0.228 e. The molecule has 0 heterocycles. The van der Waals surface area contributed by atoms with Gasteiger partial charge >= 0.3 is 0 Å². The lowest BCUT2D eigenvalue weighted by atomic mass is 10.0. The number of amidine groups is 1. The highest BCUT2D eigenvalue weighted by Gasteiger charge is 2.11. The van der Waals surface area contributed by atoms with E-state index < -0.39 is 0 Å². The van der Waals surface area contributed by atoms with Gasteiger partial charge in [-0.15, -0.1) is 0 Å². The number of anilines is 2. The third-order valence-electron chi connectivity index (χ3n) is 3.08. The molecule has 0 unspecified atom stereocenters. The van der Waals surface area contributed by atoms with E-state index in [1.807, 2.05) is 0 Å². The van der Waals surface area contributed by atoms with Crippen molar-refractivity contribution in [2.45, 2.75) is 6.42 Å². The Hall–Kier alpha value is -3.22. The fourth-order valence-corrected chi connectivity index (χ4v) is 1.96. The summed E-state index contributed by atoms with van der Waals surface area (Å²) in [6, 6.07) is 4.74. The van der Waals surface area contributed by atoms with Gasteiger partial charge < -0.3 is 16.8 Å². The lowest BCUT2D eigenvalue weighted by molar-refractivity contribution is -0.115. The van der Waals surface area contributed by atoms with Crippen LogP contribution in [0, 0.1) is 16.2 Å². The number of carbonyl (C=O) groups is 1. The molecule has 0 radical (unpaired) electrons. The summed E-state index contributed by atoms with van der Waals surface area (Å²) < 4.78 is 0. The third kappa shape index (κ3) is 3.45. The zero-order valence-electron chi connectivity index (χ0n) is 11.7. The van der Waals surface area contributed by atoms with Crippen LogP contribution in [0.25, 0.3) is 0 Å². The lowest BCUT2D eigenvalue weighted by Crippen LogP contribution is -2.17. The predicted molar refractivity (Wildman–Crippen MR) is 87.8 cm³/mol. The minimum atomic E-state index is -0.267. The molecule has 0 spiro atoms. The average Bonchev–Trinajstić information content (AvgIpc) is 2.44. The molecule has 1 aliphatic rings. The van der Waals surface area contributed by atoms with Gasteiger partial charge in [0.2, 0.25) is 5.91 Å². The summed E-state index contributed by atoms with van der Waals surface area (Å²) in [4.78, 5) is 12.0. The molecule has 2 rings (SSSR count). The van der Waals surface area contributed by atoms with Crippen LogP contribution in [0.2, 0.25) is 0 Å². The normalized spacial score (nSPS) is 13.7. The summed E-state index contributed by atoms with van der Waals surface area (Å²) in [6.45, 7) is 0. The number of nitrogen functional groups attached to an aromatic ring is 2. The van der Waals surface area contributed by atoms with Gasteiger partial charge in [0, 0.05) is 16.9 Å². The molecule has 0 fully saturated rings. The Kier molecular flexibility index (Phi) is 4.17. The van der Waals surface area contributed by atoms with Gasteiger partial charge in [0.15, 0.2) is 0 Å². The number of nitrogens with one attached hydrogen (secondary N) is 4. The van der Waals surface area contributed by atoms with Gasteiger partial charge in [0.05, 0.1) is 17.8 Å². The van der Waals surface area contributed by atoms with E-state index in [2.05, 4.69) is 5.32 Å². The molecule has 0 bridgehead atoms. The zero-order chi connectivity index (χ0) is 16.3. The average molecular weight is 296 g/mol. The summed E-state index contributed by atoms with van der Waals surface area (Å²) in [7, 11) is 0. The zero-order valence-corrected chi connectivity index (χ0v) is 11.7. The minimum absolute atomic E-state index is 0.0802. The maximum atomic E-state index is 12.0. The van der Waals surface area contributed by atoms with Gasteiger partial charge in [-0.2, -0.15) is 0 Å². The monoisotopic (exact) mass is 296 g/mol. The SMILES string of the molecule is N=C1C=CC(CC(=O)Nc2ccc(N)c(C(=N)N)c2)=CC1=N. The van der Waals surface area contributed by atoms with E-state index in [9.17, 15) is 4.79 Å². The molecule has 22 heavy (non-hydrogen) atoms. The van der Waals surface area contributed by atoms with Crippen molar-refractivity contribution in [3.05, 3.63) is 47.6 Å². The predicted octanol–water partition coefficient (Wildman–Crippen LogP) is 1.42. The van der Waals surface area contributed by atoms with Crippen molar-refractivity contribution in [3.63, 3.8) is 0 Å². The summed E-state index contributed by atoms with van der Waals surface area (Å²) in [6.07, 6.45) is 4.71. The molecule has 0 saturated carbocycles. The van der Waals surface area contributed by atoms with E-state index in [4.69, 9.17) is 27.7 Å². The van der Waals surface area contributed by atoms with Crippen LogP contribution >= 0.6 is 0 Å². The van der Waals surface area contributed by atoms with E-state index in [-0.39, 0.29) is 29.6 Å². The standard InChI is InChI=1S/C15H16N6O/c16-11-4-2-9(7-10(11)15(19)20)21-14(22)6-8-1-3-12(17)13(18)5-8/h1-5,7,17-18H,6,16H2,(H3,19,20)(H,21,22). The molecule has 1 aliphatic carbocycles. The first-order valence-electron chi connectivity index (χ1n) is 6.46. The number of amides is 1. The second-order valence-corrected chi connectivity index (χ2v) is 4.82. The number of hydrogen-bond donors (Lipinski definition) is 6. The van der Waals surface area contributed by atoms with Gasteiger partial charge in [-0.1, -0.05) is 6.08 Å². The summed E-state index contributed by atoms with van der Waals surface area (Å²) >= 11 is 0. The van der Waals surface area contributed by atoms with Gasteiger partial charge in [-0.25, -0.2) is 0 Å². The summed E-state index contributed by atoms with van der Waals surface area (Å²) in [5, 5.41) is 25.1. The Bertz CT molecular complexity index is 744. The van der Waals surface area contributed by atoms with Gasteiger partial charge in [0.25, 0.3) is 0 Å². The molecule has 8 N–H and O–H groups in total. The number of benzene rings is 1. The molecule has 1 aromatic rings. The number of rotatable bonds is 4. The highest BCUT2D eigenvalue weighted by molar-refractivity contribution is 6.49. The second-order valence-electron chi connectivity index (χ2n) is 4.82. The third-order valence-corrected chi connectivity index (χ3v) is 3.08. The molecule has 7 heteroatoms. The lowest BCUT2D eigenvalue weighted by Gasteiger charge is -2.11. The van der Waals surface area contributed by atoms with Crippen LogP contribution in [0.1, 0.15) is 12.0 Å². The van der Waals surface area contributed by atoms with E-state index in [1.165, 1.54) is 12.2 Å². The summed E-state index contributed by atoms with van der Waals surface area (Å²) in [5.74, 6) is -0.435. The van der Waals surface area contributed by atoms with Gasteiger partial charge in [0.1, 0.15) is 5.84 Å². The van der Waals surface area contributed by atoms with Crippen LogP contribution in [0.15, 0.2) is 42.0 Å². The molecule has 0 saturated heterocycles. The largest absolute Gasteiger partial charge is 0.398 e. The van der Waals surface area contributed by atoms with Gasteiger partial charge in [-0.3, -0.25) is 21.0 Å². The molecule has 112 valence electrons. The Labute approximate surface area is 127 Å². The van der Waals surface area contributed by atoms with Gasteiger partial charge in [-0.05, 0) is 35.9 Å². The first kappa shape index (κ1) is 15.2. The maximum Gasteiger partial charge on any atom is 0.228 e. The Morgan fingerprint density at radius 2 is 1.91 bits per heavy atom. The van der Waals surface area contributed by atoms with Crippen LogP contribution in [0.5, 0.6) is 0 Å². The molecule has 0 aromatic heterocycles. The first-order chi connectivity index (χ1) is 10.4. The number of carbonyl (C=O) groups excluding carboxylic acids is 1. The molecule has 1 amide bonds. The van der Waals surface area contributed by atoms with Crippen molar-refractivity contribution in [3.8, 4) is 0 Å². The number of hydrogen-bond acceptors (Lipinski definition) is 5. The van der Waals surface area contributed by atoms with E-state index >= 15 is 0 Å². The molecule has 0 atom stereocenters. The van der Waals surface area contributed by atoms with Crippen LogP contribution in [0.3, 0.4) is 0 Å². The molecule has 1 aromatic carbocycles. The Balaban J connectivity index is 2.07. The van der Waals surface area contributed by atoms with Crippen molar-refractivity contribution < 1.29 is 4.79 Å². The van der Waals surface area contributed by atoms with Crippen LogP contribution in [-0.2, 0) is 4.79 Å². The maximum absolute atomic E-state index is 12.0. The highest BCUT2D eigenvalue weighted by atomic mass is 16.1. The molecule has 7 nitrogen and oxygen atoms in total. The molecule has 0 aliphatic heterocycles.